The number of carbonyl (C=O) groups excluding carboxylic acids is 2. The largest absolute Gasteiger partial charge is 0.345 e. The minimum Gasteiger partial charge on any atom is -0.345 e. The van der Waals surface area contributed by atoms with E-state index in [9.17, 15) is 9.59 Å². The summed E-state index contributed by atoms with van der Waals surface area (Å²) in [4.78, 5) is 24.6. The SMILES string of the molecule is NCCc1ccccc1N1CC(=O)NCC1=O. The number of anilines is 1. The molecule has 1 aliphatic rings. The van der Waals surface area contributed by atoms with Gasteiger partial charge in [0.25, 0.3) is 0 Å². The summed E-state index contributed by atoms with van der Waals surface area (Å²) in [6, 6.07) is 7.54. The number of hydrogen-bond donors (Lipinski definition) is 2. The van der Waals surface area contributed by atoms with Gasteiger partial charge in [0, 0.05) is 5.69 Å². The van der Waals surface area contributed by atoms with E-state index in [4.69, 9.17) is 5.73 Å². The molecular formula is C12H15N3O2. The summed E-state index contributed by atoms with van der Waals surface area (Å²) in [6.45, 7) is 0.668. The maximum Gasteiger partial charge on any atom is 0.246 e. The quantitative estimate of drug-likeness (QED) is 0.749. The summed E-state index contributed by atoms with van der Waals surface area (Å²) in [5.74, 6) is -0.221. The number of para-hydroxylation sites is 1. The van der Waals surface area contributed by atoms with E-state index in [2.05, 4.69) is 5.32 Å². The van der Waals surface area contributed by atoms with Gasteiger partial charge in [-0.25, -0.2) is 0 Å². The highest BCUT2D eigenvalue weighted by Crippen LogP contribution is 2.21. The van der Waals surface area contributed by atoms with Gasteiger partial charge in [-0.3, -0.25) is 9.59 Å². The fourth-order valence-corrected chi connectivity index (χ4v) is 1.92. The molecule has 0 radical (unpaired) electrons. The van der Waals surface area contributed by atoms with E-state index in [0.717, 1.165) is 11.3 Å². The molecule has 0 spiro atoms. The molecule has 2 amide bonds. The molecule has 5 heteroatoms. The van der Waals surface area contributed by atoms with Crippen molar-refractivity contribution in [2.75, 3.05) is 24.5 Å². The van der Waals surface area contributed by atoms with Gasteiger partial charge in [-0.2, -0.15) is 0 Å². The Bertz CT molecular complexity index is 445. The maximum atomic E-state index is 11.8. The van der Waals surface area contributed by atoms with Crippen molar-refractivity contribution in [1.29, 1.82) is 0 Å². The molecule has 1 aromatic rings. The monoisotopic (exact) mass is 233 g/mol. The third kappa shape index (κ3) is 2.45. The van der Waals surface area contributed by atoms with Crippen LogP contribution in [0, 0.1) is 0 Å². The Morgan fingerprint density at radius 3 is 2.82 bits per heavy atom. The summed E-state index contributed by atoms with van der Waals surface area (Å²) < 4.78 is 0. The molecule has 1 saturated heterocycles. The lowest BCUT2D eigenvalue weighted by Crippen LogP contribution is -2.52. The van der Waals surface area contributed by atoms with Crippen molar-refractivity contribution >= 4 is 17.5 Å². The van der Waals surface area contributed by atoms with Crippen molar-refractivity contribution in [3.8, 4) is 0 Å². The molecule has 1 aliphatic heterocycles. The van der Waals surface area contributed by atoms with Crippen LogP contribution in [0.25, 0.3) is 0 Å². The third-order valence-corrected chi connectivity index (χ3v) is 2.74. The summed E-state index contributed by atoms with van der Waals surface area (Å²) in [6.07, 6.45) is 0.696. The number of piperazine rings is 1. The van der Waals surface area contributed by atoms with Gasteiger partial charge in [-0.1, -0.05) is 18.2 Å². The Morgan fingerprint density at radius 2 is 2.06 bits per heavy atom. The van der Waals surface area contributed by atoms with E-state index in [1.54, 1.807) is 0 Å². The molecular weight excluding hydrogens is 218 g/mol. The zero-order chi connectivity index (χ0) is 12.3. The summed E-state index contributed by atoms with van der Waals surface area (Å²) in [5.41, 5.74) is 7.33. The predicted octanol–water partition coefficient (Wildman–Crippen LogP) is -0.349. The van der Waals surface area contributed by atoms with E-state index >= 15 is 0 Å². The Morgan fingerprint density at radius 1 is 1.29 bits per heavy atom. The van der Waals surface area contributed by atoms with Gasteiger partial charge >= 0.3 is 0 Å². The van der Waals surface area contributed by atoms with Gasteiger partial charge in [-0.15, -0.1) is 0 Å². The molecule has 0 unspecified atom stereocenters. The van der Waals surface area contributed by atoms with Gasteiger partial charge in [0.1, 0.15) is 6.54 Å². The topological polar surface area (TPSA) is 75.4 Å². The van der Waals surface area contributed by atoms with Gasteiger partial charge in [-0.05, 0) is 24.6 Å². The lowest BCUT2D eigenvalue weighted by molar-refractivity contribution is -0.128. The lowest BCUT2D eigenvalue weighted by Gasteiger charge is -2.28. The van der Waals surface area contributed by atoms with Crippen LogP contribution < -0.4 is 16.0 Å². The number of benzene rings is 1. The second-order valence-electron chi connectivity index (χ2n) is 3.92. The third-order valence-electron chi connectivity index (χ3n) is 2.74. The molecule has 0 aromatic heterocycles. The number of nitrogens with zero attached hydrogens (tertiary/aromatic N) is 1. The Labute approximate surface area is 99.6 Å². The van der Waals surface area contributed by atoms with Crippen molar-refractivity contribution in [2.24, 2.45) is 5.73 Å². The number of hydrogen-bond acceptors (Lipinski definition) is 3. The Balaban J connectivity index is 2.31. The maximum absolute atomic E-state index is 11.8. The van der Waals surface area contributed by atoms with E-state index in [1.165, 1.54) is 4.90 Å². The number of nitrogens with two attached hydrogens (primary N) is 1. The van der Waals surface area contributed by atoms with Crippen LogP contribution >= 0.6 is 0 Å². The molecule has 17 heavy (non-hydrogen) atoms. The normalized spacial score (nSPS) is 15.9. The molecule has 0 aliphatic carbocycles. The van der Waals surface area contributed by atoms with Crippen molar-refractivity contribution in [1.82, 2.24) is 5.32 Å². The van der Waals surface area contributed by atoms with Crippen LogP contribution in [-0.4, -0.2) is 31.4 Å². The average Bonchev–Trinajstić information content (AvgIpc) is 2.34. The van der Waals surface area contributed by atoms with Crippen LogP contribution in [0.3, 0.4) is 0 Å². The van der Waals surface area contributed by atoms with Crippen molar-refractivity contribution in [3.05, 3.63) is 29.8 Å². The molecule has 0 saturated carbocycles. The number of rotatable bonds is 3. The Kier molecular flexibility index (Phi) is 3.39. The zero-order valence-corrected chi connectivity index (χ0v) is 9.48. The second kappa shape index (κ2) is 4.97. The first kappa shape index (κ1) is 11.6. The van der Waals surface area contributed by atoms with E-state index < -0.39 is 0 Å². The zero-order valence-electron chi connectivity index (χ0n) is 9.48. The summed E-state index contributed by atoms with van der Waals surface area (Å²) in [7, 11) is 0. The van der Waals surface area contributed by atoms with Crippen LogP contribution in [0.15, 0.2) is 24.3 Å². The minimum absolute atomic E-state index is 0.0653. The van der Waals surface area contributed by atoms with Gasteiger partial charge in [0.15, 0.2) is 0 Å². The number of amides is 2. The second-order valence-corrected chi connectivity index (χ2v) is 3.92. The molecule has 90 valence electrons. The predicted molar refractivity (Wildman–Crippen MR) is 64.6 cm³/mol. The first-order valence-electron chi connectivity index (χ1n) is 5.57. The molecule has 3 N–H and O–H groups in total. The summed E-state index contributed by atoms with van der Waals surface area (Å²) >= 11 is 0. The lowest BCUT2D eigenvalue weighted by atomic mass is 10.1. The van der Waals surface area contributed by atoms with Crippen molar-refractivity contribution < 1.29 is 9.59 Å². The number of carbonyl (C=O) groups is 2. The van der Waals surface area contributed by atoms with Crippen LogP contribution in [0.2, 0.25) is 0 Å². The van der Waals surface area contributed by atoms with Crippen LogP contribution in [-0.2, 0) is 16.0 Å². The van der Waals surface area contributed by atoms with Gasteiger partial charge < -0.3 is 16.0 Å². The van der Waals surface area contributed by atoms with E-state index in [-0.39, 0.29) is 24.9 Å². The molecule has 2 rings (SSSR count). The molecule has 1 heterocycles. The van der Waals surface area contributed by atoms with Crippen LogP contribution in [0.1, 0.15) is 5.56 Å². The molecule has 0 atom stereocenters. The van der Waals surface area contributed by atoms with Crippen LogP contribution in [0.5, 0.6) is 0 Å². The summed E-state index contributed by atoms with van der Waals surface area (Å²) in [5, 5.41) is 2.53. The van der Waals surface area contributed by atoms with Crippen LogP contribution in [0.4, 0.5) is 5.69 Å². The molecule has 1 fully saturated rings. The molecule has 5 nitrogen and oxygen atoms in total. The minimum atomic E-state index is -0.132. The van der Waals surface area contributed by atoms with Gasteiger partial charge in [0.2, 0.25) is 11.8 Å². The average molecular weight is 233 g/mol. The van der Waals surface area contributed by atoms with E-state index in [1.807, 2.05) is 24.3 Å². The van der Waals surface area contributed by atoms with Gasteiger partial charge in [0.05, 0.1) is 6.54 Å². The van der Waals surface area contributed by atoms with Crippen molar-refractivity contribution in [3.63, 3.8) is 0 Å². The highest BCUT2D eigenvalue weighted by atomic mass is 16.2. The highest BCUT2D eigenvalue weighted by Gasteiger charge is 2.25. The van der Waals surface area contributed by atoms with E-state index in [0.29, 0.717) is 13.0 Å². The standard InChI is InChI=1S/C12H15N3O2/c13-6-5-9-3-1-2-4-10(9)15-8-11(16)14-7-12(15)17/h1-4H,5-8,13H2,(H,14,16). The first-order chi connectivity index (χ1) is 8.22. The van der Waals surface area contributed by atoms with Crippen molar-refractivity contribution in [2.45, 2.75) is 6.42 Å². The number of nitrogens with one attached hydrogen (secondary N) is 1. The first-order valence-corrected chi connectivity index (χ1v) is 5.57. The fourth-order valence-electron chi connectivity index (χ4n) is 1.92. The molecule has 1 aromatic carbocycles. The Hall–Kier alpha value is -1.88. The fraction of sp³-hybridized carbons (Fsp3) is 0.333. The smallest absolute Gasteiger partial charge is 0.246 e. The molecule has 0 bridgehead atoms. The highest BCUT2D eigenvalue weighted by molar-refractivity contribution is 6.04.